The predicted molar refractivity (Wildman–Crippen MR) is 66.5 cm³/mol. The van der Waals surface area contributed by atoms with E-state index in [1.54, 1.807) is 0 Å². The van der Waals surface area contributed by atoms with Crippen molar-refractivity contribution < 1.29 is 0 Å². The highest BCUT2D eigenvalue weighted by molar-refractivity contribution is 9.10. The number of nitrogens with one attached hydrogen (secondary N) is 1. The van der Waals surface area contributed by atoms with Crippen molar-refractivity contribution in [2.45, 2.75) is 32.7 Å². The van der Waals surface area contributed by atoms with Crippen molar-refractivity contribution in [1.82, 2.24) is 0 Å². The van der Waals surface area contributed by atoms with Crippen LogP contribution in [-0.4, -0.2) is 6.04 Å². The van der Waals surface area contributed by atoms with E-state index in [-0.39, 0.29) is 0 Å². The van der Waals surface area contributed by atoms with Crippen LogP contribution in [0.1, 0.15) is 26.7 Å². The molecule has 14 heavy (non-hydrogen) atoms. The summed E-state index contributed by atoms with van der Waals surface area (Å²) in [6.07, 6.45) is 2.34. The van der Waals surface area contributed by atoms with Gasteiger partial charge < -0.3 is 11.1 Å². The molecule has 78 valence electrons. The molecule has 0 radical (unpaired) electrons. The van der Waals surface area contributed by atoms with Gasteiger partial charge in [0.05, 0.1) is 11.4 Å². The maximum absolute atomic E-state index is 5.85. The zero-order valence-electron chi connectivity index (χ0n) is 8.68. The smallest absolute Gasteiger partial charge is 0.0587 e. The molecule has 1 rings (SSSR count). The van der Waals surface area contributed by atoms with Gasteiger partial charge in [0, 0.05) is 10.5 Å². The molecule has 0 saturated heterocycles. The van der Waals surface area contributed by atoms with Gasteiger partial charge in [0.25, 0.3) is 0 Å². The van der Waals surface area contributed by atoms with Crippen LogP contribution >= 0.6 is 15.9 Å². The van der Waals surface area contributed by atoms with E-state index < -0.39 is 0 Å². The molecule has 3 N–H and O–H groups in total. The Bertz CT molecular complexity index is 299. The average molecular weight is 257 g/mol. The van der Waals surface area contributed by atoms with Gasteiger partial charge in [0.2, 0.25) is 0 Å². The minimum absolute atomic E-state index is 0.469. The lowest BCUT2D eigenvalue weighted by atomic mass is 10.2. The van der Waals surface area contributed by atoms with Gasteiger partial charge in [0.15, 0.2) is 0 Å². The molecular formula is C11H17BrN2. The molecule has 3 heteroatoms. The molecule has 2 nitrogen and oxygen atoms in total. The molecule has 0 aliphatic carbocycles. The number of nitrogens with two attached hydrogens (primary N) is 1. The number of hydrogen-bond donors (Lipinski definition) is 2. The van der Waals surface area contributed by atoms with Crippen LogP contribution in [0.2, 0.25) is 0 Å². The second kappa shape index (κ2) is 5.25. The zero-order chi connectivity index (χ0) is 10.6. The van der Waals surface area contributed by atoms with Gasteiger partial charge in [-0.25, -0.2) is 0 Å². The fourth-order valence-electron chi connectivity index (χ4n) is 1.42. The summed E-state index contributed by atoms with van der Waals surface area (Å²) in [5, 5.41) is 3.40. The zero-order valence-corrected chi connectivity index (χ0v) is 10.3. The molecule has 1 unspecified atom stereocenters. The Morgan fingerprint density at radius 3 is 2.86 bits per heavy atom. The van der Waals surface area contributed by atoms with Gasteiger partial charge in [-0.2, -0.15) is 0 Å². The van der Waals surface area contributed by atoms with Crippen molar-refractivity contribution in [3.05, 3.63) is 22.7 Å². The molecule has 1 aromatic rings. The number of anilines is 2. The summed E-state index contributed by atoms with van der Waals surface area (Å²) in [5.41, 5.74) is 7.67. The fraction of sp³-hybridized carbons (Fsp3) is 0.455. The number of benzene rings is 1. The maximum Gasteiger partial charge on any atom is 0.0587 e. The first-order valence-corrected chi connectivity index (χ1v) is 5.74. The molecule has 0 amide bonds. The lowest BCUT2D eigenvalue weighted by Gasteiger charge is -2.16. The Kier molecular flexibility index (Phi) is 4.26. The molecule has 1 aromatic carbocycles. The standard InChI is InChI=1S/C11H17BrN2/c1-3-4-8(2)14-11-7-9(12)5-6-10(11)13/h5-8,14H,3-4,13H2,1-2H3. The summed E-state index contributed by atoms with van der Waals surface area (Å²) < 4.78 is 1.05. The van der Waals surface area contributed by atoms with Crippen molar-refractivity contribution in [2.75, 3.05) is 11.1 Å². The van der Waals surface area contributed by atoms with Crippen LogP contribution in [0.15, 0.2) is 22.7 Å². The van der Waals surface area contributed by atoms with Crippen LogP contribution in [0.4, 0.5) is 11.4 Å². The fourth-order valence-corrected chi connectivity index (χ4v) is 1.79. The SMILES string of the molecule is CCCC(C)Nc1cc(Br)ccc1N. The second-order valence-electron chi connectivity index (χ2n) is 3.57. The number of nitrogen functional groups attached to an aromatic ring is 1. The Morgan fingerprint density at radius 1 is 1.50 bits per heavy atom. The molecule has 0 aliphatic heterocycles. The quantitative estimate of drug-likeness (QED) is 0.808. The molecule has 0 aliphatic rings. The summed E-state index contributed by atoms with van der Waals surface area (Å²) in [5.74, 6) is 0. The molecule has 0 fully saturated rings. The van der Waals surface area contributed by atoms with E-state index in [1.165, 1.54) is 6.42 Å². The van der Waals surface area contributed by atoms with E-state index in [1.807, 2.05) is 18.2 Å². The molecule has 0 bridgehead atoms. The van der Waals surface area contributed by atoms with Gasteiger partial charge in [-0.3, -0.25) is 0 Å². The van der Waals surface area contributed by atoms with Crippen molar-refractivity contribution in [1.29, 1.82) is 0 Å². The van der Waals surface area contributed by atoms with Gasteiger partial charge in [-0.15, -0.1) is 0 Å². The lowest BCUT2D eigenvalue weighted by molar-refractivity contribution is 0.691. The topological polar surface area (TPSA) is 38.0 Å². The first kappa shape index (κ1) is 11.4. The maximum atomic E-state index is 5.85. The number of halogens is 1. The molecule has 0 heterocycles. The van der Waals surface area contributed by atoms with Crippen molar-refractivity contribution >= 4 is 27.3 Å². The minimum atomic E-state index is 0.469. The summed E-state index contributed by atoms with van der Waals surface area (Å²) in [4.78, 5) is 0. The van der Waals surface area contributed by atoms with Crippen LogP contribution < -0.4 is 11.1 Å². The summed E-state index contributed by atoms with van der Waals surface area (Å²) >= 11 is 3.43. The first-order chi connectivity index (χ1) is 6.63. The van der Waals surface area contributed by atoms with E-state index in [0.717, 1.165) is 22.3 Å². The second-order valence-corrected chi connectivity index (χ2v) is 4.48. The van der Waals surface area contributed by atoms with Gasteiger partial charge in [-0.1, -0.05) is 29.3 Å². The lowest BCUT2D eigenvalue weighted by Crippen LogP contribution is -2.15. The number of hydrogen-bond acceptors (Lipinski definition) is 2. The van der Waals surface area contributed by atoms with Crippen LogP contribution in [0.5, 0.6) is 0 Å². The van der Waals surface area contributed by atoms with Crippen molar-refractivity contribution in [3.63, 3.8) is 0 Å². The van der Waals surface area contributed by atoms with Crippen LogP contribution in [0, 0.1) is 0 Å². The van der Waals surface area contributed by atoms with Crippen molar-refractivity contribution in [3.8, 4) is 0 Å². The third kappa shape index (κ3) is 3.22. The molecule has 0 aromatic heterocycles. The molecule has 0 saturated carbocycles. The Balaban J connectivity index is 2.70. The highest BCUT2D eigenvalue weighted by atomic mass is 79.9. The highest BCUT2D eigenvalue weighted by Gasteiger charge is 2.03. The summed E-state index contributed by atoms with van der Waals surface area (Å²) in [6, 6.07) is 6.34. The summed E-state index contributed by atoms with van der Waals surface area (Å²) in [6.45, 7) is 4.35. The van der Waals surface area contributed by atoms with Gasteiger partial charge in [-0.05, 0) is 31.5 Å². The first-order valence-electron chi connectivity index (χ1n) is 4.95. The Hall–Kier alpha value is -0.700. The minimum Gasteiger partial charge on any atom is -0.397 e. The predicted octanol–water partition coefficient (Wildman–Crippen LogP) is 3.63. The van der Waals surface area contributed by atoms with E-state index in [0.29, 0.717) is 6.04 Å². The normalized spacial score (nSPS) is 12.5. The molecule has 0 spiro atoms. The summed E-state index contributed by atoms with van der Waals surface area (Å²) in [7, 11) is 0. The third-order valence-electron chi connectivity index (χ3n) is 2.14. The molecular weight excluding hydrogens is 240 g/mol. The third-order valence-corrected chi connectivity index (χ3v) is 2.63. The molecule has 1 atom stereocenters. The van der Waals surface area contributed by atoms with E-state index >= 15 is 0 Å². The monoisotopic (exact) mass is 256 g/mol. The number of rotatable bonds is 4. The highest BCUT2D eigenvalue weighted by Crippen LogP contribution is 2.24. The van der Waals surface area contributed by atoms with Crippen molar-refractivity contribution in [2.24, 2.45) is 0 Å². The Labute approximate surface area is 94.0 Å². The van der Waals surface area contributed by atoms with Crippen LogP contribution in [0.25, 0.3) is 0 Å². The van der Waals surface area contributed by atoms with Gasteiger partial charge in [0.1, 0.15) is 0 Å². The Morgan fingerprint density at radius 2 is 2.21 bits per heavy atom. The van der Waals surface area contributed by atoms with Crippen LogP contribution in [-0.2, 0) is 0 Å². The van der Waals surface area contributed by atoms with Gasteiger partial charge >= 0.3 is 0 Å². The largest absolute Gasteiger partial charge is 0.397 e. The average Bonchev–Trinajstić information content (AvgIpc) is 2.12. The van der Waals surface area contributed by atoms with Crippen LogP contribution in [0.3, 0.4) is 0 Å². The van der Waals surface area contributed by atoms with E-state index in [4.69, 9.17) is 5.73 Å². The van der Waals surface area contributed by atoms with E-state index in [9.17, 15) is 0 Å². The van der Waals surface area contributed by atoms with E-state index in [2.05, 4.69) is 35.1 Å².